The Labute approximate surface area is 89.5 Å². The number of nitrogens with zero attached hydrogens (tertiary/aromatic N) is 3. The van der Waals surface area contributed by atoms with Gasteiger partial charge in [-0.3, -0.25) is 0 Å². The van der Waals surface area contributed by atoms with Crippen LogP contribution in [0.1, 0.15) is 16.7 Å². The van der Waals surface area contributed by atoms with Gasteiger partial charge < -0.3 is 4.90 Å². The van der Waals surface area contributed by atoms with Crippen molar-refractivity contribution < 1.29 is 0 Å². The molecule has 0 bridgehead atoms. The highest BCUT2D eigenvalue weighted by atomic mass is 15.1. The van der Waals surface area contributed by atoms with Crippen LogP contribution in [0.25, 0.3) is 6.08 Å². The minimum Gasteiger partial charge on any atom is -0.377 e. The van der Waals surface area contributed by atoms with Gasteiger partial charge in [-0.1, -0.05) is 12.7 Å². The monoisotopic (exact) mass is 197 g/mol. The van der Waals surface area contributed by atoms with Gasteiger partial charge in [0.1, 0.15) is 6.07 Å². The van der Waals surface area contributed by atoms with Crippen LogP contribution in [-0.2, 0) is 0 Å². The molecule has 0 fully saturated rings. The smallest absolute Gasteiger partial charge is 0.102 e. The summed E-state index contributed by atoms with van der Waals surface area (Å²) >= 11 is 0. The fourth-order valence-electron chi connectivity index (χ4n) is 1.41. The largest absolute Gasteiger partial charge is 0.377 e. The zero-order valence-corrected chi connectivity index (χ0v) is 8.78. The van der Waals surface area contributed by atoms with Crippen LogP contribution in [0.4, 0.5) is 5.69 Å². The molecule has 74 valence electrons. The summed E-state index contributed by atoms with van der Waals surface area (Å²) in [6, 6.07) is 7.62. The van der Waals surface area contributed by atoms with E-state index in [1.807, 2.05) is 25.1 Å². The number of hydrogen-bond donors (Lipinski definition) is 0. The van der Waals surface area contributed by atoms with Crippen molar-refractivity contribution in [1.29, 1.82) is 10.5 Å². The minimum atomic E-state index is 0.479. The molecule has 0 spiro atoms. The van der Waals surface area contributed by atoms with E-state index in [1.165, 1.54) is 0 Å². The van der Waals surface area contributed by atoms with Crippen LogP contribution in [0.15, 0.2) is 18.7 Å². The first-order valence-corrected chi connectivity index (χ1v) is 4.42. The first-order valence-electron chi connectivity index (χ1n) is 4.42. The summed E-state index contributed by atoms with van der Waals surface area (Å²) in [7, 11) is 3.71. The molecule has 0 aliphatic heterocycles. The summed E-state index contributed by atoms with van der Waals surface area (Å²) in [6.07, 6.45) is 1.55. The van der Waals surface area contributed by atoms with Gasteiger partial charge in [-0.15, -0.1) is 0 Å². The summed E-state index contributed by atoms with van der Waals surface area (Å²) in [4.78, 5) is 1.84. The first-order chi connectivity index (χ1) is 7.15. The molecule has 0 aliphatic rings. The molecule has 1 rings (SSSR count). The molecule has 0 saturated carbocycles. The lowest BCUT2D eigenvalue weighted by molar-refractivity contribution is 1.12. The third-order valence-electron chi connectivity index (χ3n) is 2.14. The lowest BCUT2D eigenvalue weighted by Crippen LogP contribution is -2.11. The van der Waals surface area contributed by atoms with Gasteiger partial charge in [0.05, 0.1) is 22.9 Å². The third-order valence-corrected chi connectivity index (χ3v) is 2.14. The van der Waals surface area contributed by atoms with Gasteiger partial charge in [-0.05, 0) is 12.1 Å². The van der Waals surface area contributed by atoms with Crippen LogP contribution in [0.3, 0.4) is 0 Å². The number of benzene rings is 1. The molecule has 0 saturated heterocycles. The van der Waals surface area contributed by atoms with Gasteiger partial charge in [-0.25, -0.2) is 0 Å². The highest BCUT2D eigenvalue weighted by Crippen LogP contribution is 2.25. The molecule has 0 atom stereocenters. The van der Waals surface area contributed by atoms with Crippen molar-refractivity contribution in [3.8, 4) is 12.1 Å². The van der Waals surface area contributed by atoms with E-state index in [4.69, 9.17) is 10.5 Å². The quantitative estimate of drug-likeness (QED) is 0.729. The van der Waals surface area contributed by atoms with Crippen LogP contribution < -0.4 is 4.90 Å². The topological polar surface area (TPSA) is 50.8 Å². The molecule has 15 heavy (non-hydrogen) atoms. The molecule has 0 unspecified atom stereocenters. The van der Waals surface area contributed by atoms with Crippen LogP contribution >= 0.6 is 0 Å². The molecule has 0 aliphatic carbocycles. The Morgan fingerprint density at radius 1 is 1.27 bits per heavy atom. The fourth-order valence-corrected chi connectivity index (χ4v) is 1.41. The summed E-state index contributed by atoms with van der Waals surface area (Å²) < 4.78 is 0. The Hall–Kier alpha value is -2.26. The molecule has 1 aromatic carbocycles. The van der Waals surface area contributed by atoms with Crippen molar-refractivity contribution in [2.24, 2.45) is 0 Å². The molecule has 0 aromatic heterocycles. The molecule has 3 nitrogen and oxygen atoms in total. The Balaban J connectivity index is 3.59. The number of hydrogen-bond acceptors (Lipinski definition) is 3. The van der Waals surface area contributed by atoms with E-state index in [1.54, 1.807) is 18.2 Å². The standard InChI is InChI=1S/C12H11N3/c1-4-10-9(7-13)5-6-12(15(2)3)11(10)8-14/h4-6H,1H2,2-3H3. The van der Waals surface area contributed by atoms with Gasteiger partial charge >= 0.3 is 0 Å². The van der Waals surface area contributed by atoms with Crippen molar-refractivity contribution in [1.82, 2.24) is 0 Å². The van der Waals surface area contributed by atoms with Crippen molar-refractivity contribution in [2.75, 3.05) is 19.0 Å². The average Bonchev–Trinajstić information content (AvgIpc) is 2.26. The number of nitriles is 2. The Kier molecular flexibility index (Phi) is 3.10. The second kappa shape index (κ2) is 4.30. The highest BCUT2D eigenvalue weighted by Gasteiger charge is 2.11. The summed E-state index contributed by atoms with van der Waals surface area (Å²) in [6.45, 7) is 3.63. The van der Waals surface area contributed by atoms with Crippen LogP contribution in [0, 0.1) is 22.7 Å². The maximum Gasteiger partial charge on any atom is 0.102 e. The maximum atomic E-state index is 9.07. The Morgan fingerprint density at radius 3 is 2.33 bits per heavy atom. The minimum absolute atomic E-state index is 0.479. The van der Waals surface area contributed by atoms with Gasteiger partial charge in [0.15, 0.2) is 0 Å². The number of rotatable bonds is 2. The zero-order valence-electron chi connectivity index (χ0n) is 8.78. The number of anilines is 1. The Bertz CT molecular complexity index is 473. The zero-order chi connectivity index (χ0) is 11.4. The van der Waals surface area contributed by atoms with E-state index in [9.17, 15) is 0 Å². The van der Waals surface area contributed by atoms with Crippen molar-refractivity contribution in [3.05, 3.63) is 35.4 Å². The summed E-state index contributed by atoms with van der Waals surface area (Å²) in [5.41, 5.74) is 2.37. The fraction of sp³-hybridized carbons (Fsp3) is 0.167. The van der Waals surface area contributed by atoms with E-state index in [0.717, 1.165) is 5.69 Å². The van der Waals surface area contributed by atoms with Crippen molar-refractivity contribution in [3.63, 3.8) is 0 Å². The predicted octanol–water partition coefficient (Wildman–Crippen LogP) is 2.14. The molecule has 0 N–H and O–H groups in total. The molecule has 1 aromatic rings. The SMILES string of the molecule is C=Cc1c(C#N)ccc(N(C)C)c1C#N. The average molecular weight is 197 g/mol. The van der Waals surface area contributed by atoms with Crippen molar-refractivity contribution in [2.45, 2.75) is 0 Å². The summed E-state index contributed by atoms with van der Waals surface area (Å²) in [5, 5.41) is 17.9. The summed E-state index contributed by atoms with van der Waals surface area (Å²) in [5.74, 6) is 0. The lowest BCUT2D eigenvalue weighted by Gasteiger charge is -2.16. The second-order valence-corrected chi connectivity index (χ2v) is 3.24. The molecule has 0 radical (unpaired) electrons. The first kappa shape index (κ1) is 10.8. The molecule has 0 heterocycles. The van der Waals surface area contributed by atoms with Crippen molar-refractivity contribution >= 4 is 11.8 Å². The van der Waals surface area contributed by atoms with E-state index in [-0.39, 0.29) is 0 Å². The highest BCUT2D eigenvalue weighted by molar-refractivity contribution is 5.73. The van der Waals surface area contributed by atoms with Gasteiger partial charge in [-0.2, -0.15) is 10.5 Å². The van der Waals surface area contributed by atoms with Gasteiger partial charge in [0.25, 0.3) is 0 Å². The lowest BCUT2D eigenvalue weighted by atomic mass is 10.00. The molecular formula is C12H11N3. The Morgan fingerprint density at radius 2 is 1.93 bits per heavy atom. The molecular weight excluding hydrogens is 186 g/mol. The van der Waals surface area contributed by atoms with E-state index in [0.29, 0.717) is 16.7 Å². The normalized spacial score (nSPS) is 8.80. The predicted molar refractivity (Wildman–Crippen MR) is 60.3 cm³/mol. The maximum absolute atomic E-state index is 9.07. The van der Waals surface area contributed by atoms with Gasteiger partial charge in [0, 0.05) is 19.7 Å². The molecule has 3 heteroatoms. The van der Waals surface area contributed by atoms with Crippen LogP contribution in [0.2, 0.25) is 0 Å². The van der Waals surface area contributed by atoms with Crippen LogP contribution in [-0.4, -0.2) is 14.1 Å². The van der Waals surface area contributed by atoms with Crippen LogP contribution in [0.5, 0.6) is 0 Å². The van der Waals surface area contributed by atoms with E-state index < -0.39 is 0 Å². The van der Waals surface area contributed by atoms with E-state index >= 15 is 0 Å². The second-order valence-electron chi connectivity index (χ2n) is 3.24. The van der Waals surface area contributed by atoms with Gasteiger partial charge in [0.2, 0.25) is 0 Å². The third kappa shape index (κ3) is 1.82. The molecule has 0 amide bonds. The van der Waals surface area contributed by atoms with E-state index in [2.05, 4.69) is 12.6 Å².